The van der Waals surface area contributed by atoms with Gasteiger partial charge in [0.2, 0.25) is 5.16 Å². The smallest absolute Gasteiger partial charge is 0.208 e. The van der Waals surface area contributed by atoms with Crippen LogP contribution in [0.5, 0.6) is 11.5 Å². The zero-order chi connectivity index (χ0) is 17.5. The van der Waals surface area contributed by atoms with Crippen LogP contribution >= 0.6 is 23.4 Å². The van der Waals surface area contributed by atoms with Crippen LogP contribution in [0.2, 0.25) is 5.02 Å². The number of rotatable bonds is 8. The average molecular weight is 376 g/mol. The van der Waals surface area contributed by atoms with Crippen LogP contribution in [0.3, 0.4) is 0 Å². The van der Waals surface area contributed by atoms with E-state index in [1.807, 2.05) is 43.3 Å². The van der Waals surface area contributed by atoms with Crippen LogP contribution in [-0.2, 0) is 6.61 Å². The number of thioether (sulfide) groups is 1. The standard InChI is InChI=1S/C18H18ClN3O2S/c1-13-3-2-4-16(11-13)23-9-10-25-18-20-17(21-22-18)12-24-15-7-5-14(19)6-8-15/h2-8,11H,9-10,12H2,1H3,(H,20,21,22). The molecule has 1 N–H and O–H groups in total. The number of hydrogen-bond acceptors (Lipinski definition) is 5. The van der Waals surface area contributed by atoms with Gasteiger partial charge in [0.05, 0.1) is 6.61 Å². The molecular formula is C18H18ClN3O2S. The number of nitrogens with one attached hydrogen (secondary N) is 1. The van der Waals surface area contributed by atoms with E-state index < -0.39 is 0 Å². The number of aryl methyl sites for hydroxylation is 1. The summed E-state index contributed by atoms with van der Waals surface area (Å²) < 4.78 is 11.3. The van der Waals surface area contributed by atoms with Gasteiger partial charge in [0.25, 0.3) is 0 Å². The fraction of sp³-hybridized carbons (Fsp3) is 0.222. The van der Waals surface area contributed by atoms with Crippen molar-refractivity contribution >= 4 is 23.4 Å². The number of ether oxygens (including phenoxy) is 2. The summed E-state index contributed by atoms with van der Waals surface area (Å²) >= 11 is 7.38. The first-order valence-corrected chi connectivity index (χ1v) is 9.17. The molecule has 0 radical (unpaired) electrons. The first-order chi connectivity index (χ1) is 12.2. The lowest BCUT2D eigenvalue weighted by Gasteiger charge is -2.05. The number of benzene rings is 2. The molecule has 1 aromatic heterocycles. The van der Waals surface area contributed by atoms with E-state index in [2.05, 4.69) is 15.2 Å². The molecule has 0 saturated heterocycles. The van der Waals surface area contributed by atoms with E-state index in [1.165, 1.54) is 17.3 Å². The summed E-state index contributed by atoms with van der Waals surface area (Å²) in [6, 6.07) is 15.2. The first kappa shape index (κ1) is 17.6. The molecule has 2 aromatic carbocycles. The normalized spacial score (nSPS) is 10.6. The minimum Gasteiger partial charge on any atom is -0.493 e. The molecule has 3 aromatic rings. The van der Waals surface area contributed by atoms with Gasteiger partial charge in [-0.25, -0.2) is 4.98 Å². The summed E-state index contributed by atoms with van der Waals surface area (Å²) in [6.07, 6.45) is 0. The van der Waals surface area contributed by atoms with Gasteiger partial charge in [-0.3, -0.25) is 5.10 Å². The molecule has 3 rings (SSSR count). The molecule has 0 unspecified atom stereocenters. The van der Waals surface area contributed by atoms with E-state index in [0.717, 1.165) is 17.3 Å². The average Bonchev–Trinajstić information content (AvgIpc) is 3.06. The molecule has 5 nitrogen and oxygen atoms in total. The van der Waals surface area contributed by atoms with Crippen LogP contribution in [0, 0.1) is 6.92 Å². The lowest BCUT2D eigenvalue weighted by atomic mass is 10.2. The predicted molar refractivity (Wildman–Crippen MR) is 99.6 cm³/mol. The monoisotopic (exact) mass is 375 g/mol. The van der Waals surface area contributed by atoms with E-state index >= 15 is 0 Å². The molecule has 0 saturated carbocycles. The maximum Gasteiger partial charge on any atom is 0.208 e. The fourth-order valence-corrected chi connectivity index (χ4v) is 2.85. The highest BCUT2D eigenvalue weighted by Crippen LogP contribution is 2.18. The van der Waals surface area contributed by atoms with E-state index in [0.29, 0.717) is 29.2 Å². The van der Waals surface area contributed by atoms with Crippen molar-refractivity contribution in [1.29, 1.82) is 0 Å². The molecule has 0 aliphatic rings. The second-order valence-corrected chi connectivity index (χ2v) is 6.82. The molecule has 0 spiro atoms. The summed E-state index contributed by atoms with van der Waals surface area (Å²) in [5.74, 6) is 3.06. The van der Waals surface area contributed by atoms with Crippen molar-refractivity contribution < 1.29 is 9.47 Å². The van der Waals surface area contributed by atoms with Gasteiger partial charge in [0, 0.05) is 10.8 Å². The zero-order valence-electron chi connectivity index (χ0n) is 13.7. The number of H-pyrrole nitrogens is 1. The van der Waals surface area contributed by atoms with Crippen LogP contribution in [0.15, 0.2) is 53.7 Å². The van der Waals surface area contributed by atoms with Gasteiger partial charge in [-0.15, -0.1) is 5.10 Å². The Balaban J connectivity index is 1.40. The fourth-order valence-electron chi connectivity index (χ4n) is 2.09. The Hall–Kier alpha value is -2.18. The Kier molecular flexibility index (Phi) is 6.19. The summed E-state index contributed by atoms with van der Waals surface area (Å²) in [6.45, 7) is 2.97. The Morgan fingerprint density at radius 3 is 2.72 bits per heavy atom. The van der Waals surface area contributed by atoms with E-state index in [4.69, 9.17) is 21.1 Å². The molecule has 0 fully saturated rings. The molecular weight excluding hydrogens is 358 g/mol. The van der Waals surface area contributed by atoms with Crippen molar-refractivity contribution in [2.75, 3.05) is 12.4 Å². The molecule has 1 heterocycles. The van der Waals surface area contributed by atoms with Crippen LogP contribution in [-0.4, -0.2) is 27.5 Å². The number of aromatic nitrogens is 3. The zero-order valence-corrected chi connectivity index (χ0v) is 15.3. The lowest BCUT2D eigenvalue weighted by molar-refractivity contribution is 0.296. The van der Waals surface area contributed by atoms with E-state index in [-0.39, 0.29) is 0 Å². The molecule has 7 heteroatoms. The Bertz CT molecular complexity index is 808. The molecule has 0 aliphatic heterocycles. The molecule has 0 aliphatic carbocycles. The largest absolute Gasteiger partial charge is 0.493 e. The topological polar surface area (TPSA) is 60.0 Å². The molecule has 0 bridgehead atoms. The highest BCUT2D eigenvalue weighted by atomic mass is 35.5. The summed E-state index contributed by atoms with van der Waals surface area (Å²) in [5, 5.41) is 8.41. The summed E-state index contributed by atoms with van der Waals surface area (Å²) in [4.78, 5) is 4.39. The highest BCUT2D eigenvalue weighted by Gasteiger charge is 2.05. The third-order valence-corrected chi connectivity index (χ3v) is 4.34. The number of hydrogen-bond donors (Lipinski definition) is 1. The second kappa shape index (κ2) is 8.78. The summed E-state index contributed by atoms with van der Waals surface area (Å²) in [5.41, 5.74) is 1.18. The quantitative estimate of drug-likeness (QED) is 0.463. The number of halogens is 1. The van der Waals surface area contributed by atoms with Crippen molar-refractivity contribution in [3.63, 3.8) is 0 Å². The minimum atomic E-state index is 0.328. The third-order valence-electron chi connectivity index (χ3n) is 3.27. The Labute approximate surface area is 155 Å². The molecule has 0 atom stereocenters. The van der Waals surface area contributed by atoms with Crippen LogP contribution < -0.4 is 9.47 Å². The highest BCUT2D eigenvalue weighted by molar-refractivity contribution is 7.99. The summed E-state index contributed by atoms with van der Waals surface area (Å²) in [7, 11) is 0. The van der Waals surface area contributed by atoms with Crippen molar-refractivity contribution in [3.05, 3.63) is 64.9 Å². The van der Waals surface area contributed by atoms with Crippen molar-refractivity contribution in [2.24, 2.45) is 0 Å². The van der Waals surface area contributed by atoms with Gasteiger partial charge in [-0.1, -0.05) is 35.5 Å². The van der Waals surface area contributed by atoms with Crippen LogP contribution in [0.4, 0.5) is 0 Å². The molecule has 0 amide bonds. The maximum absolute atomic E-state index is 5.84. The van der Waals surface area contributed by atoms with E-state index in [9.17, 15) is 0 Å². The van der Waals surface area contributed by atoms with Crippen LogP contribution in [0.25, 0.3) is 0 Å². The molecule has 25 heavy (non-hydrogen) atoms. The first-order valence-electron chi connectivity index (χ1n) is 7.81. The van der Waals surface area contributed by atoms with Crippen LogP contribution in [0.1, 0.15) is 11.4 Å². The van der Waals surface area contributed by atoms with E-state index in [1.54, 1.807) is 12.1 Å². The van der Waals surface area contributed by atoms with Gasteiger partial charge >= 0.3 is 0 Å². The predicted octanol–water partition coefficient (Wildman–Crippen LogP) is 4.52. The van der Waals surface area contributed by atoms with Crippen molar-refractivity contribution in [2.45, 2.75) is 18.7 Å². The van der Waals surface area contributed by atoms with Gasteiger partial charge in [0.15, 0.2) is 5.82 Å². The SMILES string of the molecule is Cc1cccc(OCCSc2n[nH]c(COc3ccc(Cl)cc3)n2)c1. The van der Waals surface area contributed by atoms with Gasteiger partial charge in [-0.05, 0) is 48.9 Å². The van der Waals surface area contributed by atoms with Crippen molar-refractivity contribution in [3.8, 4) is 11.5 Å². The third kappa shape index (κ3) is 5.69. The lowest BCUT2D eigenvalue weighted by Crippen LogP contribution is -2.00. The van der Waals surface area contributed by atoms with Gasteiger partial charge < -0.3 is 9.47 Å². The van der Waals surface area contributed by atoms with Crippen molar-refractivity contribution in [1.82, 2.24) is 15.2 Å². The number of nitrogens with zero attached hydrogens (tertiary/aromatic N) is 2. The minimum absolute atomic E-state index is 0.328. The maximum atomic E-state index is 5.84. The molecule has 130 valence electrons. The van der Waals surface area contributed by atoms with Gasteiger partial charge in [-0.2, -0.15) is 0 Å². The van der Waals surface area contributed by atoms with Gasteiger partial charge in [0.1, 0.15) is 18.1 Å². The Morgan fingerprint density at radius 2 is 1.92 bits per heavy atom. The second-order valence-electron chi connectivity index (χ2n) is 5.32. The number of aromatic amines is 1. The Morgan fingerprint density at radius 1 is 1.08 bits per heavy atom.